The molecule has 0 spiro atoms. The zero-order valence-electron chi connectivity index (χ0n) is 14.3. The van der Waals surface area contributed by atoms with E-state index in [4.69, 9.17) is 10.2 Å². The van der Waals surface area contributed by atoms with Crippen LogP contribution in [0.15, 0.2) is 48.8 Å². The van der Waals surface area contributed by atoms with Gasteiger partial charge in [0.1, 0.15) is 11.5 Å². The standard InChI is InChI=1S/C19H18FN3O4/c20-13-5-3-12(4-6-13)8-23-9-16(15-2-1-7-21-18(15)23)17(26)19(27)22-14(10-24)11-25/h1-7,9,14,24-25H,8,10-11H2,(H,22,27). The van der Waals surface area contributed by atoms with Crippen LogP contribution in [0.25, 0.3) is 11.0 Å². The Bertz CT molecular complexity index is 965. The molecule has 0 saturated carbocycles. The van der Waals surface area contributed by atoms with Crippen LogP contribution in [-0.4, -0.2) is 50.7 Å². The average molecular weight is 371 g/mol. The average Bonchev–Trinajstić information content (AvgIpc) is 3.05. The number of carbonyl (C=O) groups is 2. The number of Topliss-reactive ketones (excluding diaryl/α,β-unsaturated/α-hetero) is 1. The third-order valence-electron chi connectivity index (χ3n) is 4.13. The highest BCUT2D eigenvalue weighted by Crippen LogP contribution is 2.21. The number of nitrogens with one attached hydrogen (secondary N) is 1. The molecule has 0 radical (unpaired) electrons. The van der Waals surface area contributed by atoms with E-state index in [1.54, 1.807) is 35.0 Å². The van der Waals surface area contributed by atoms with Crippen LogP contribution in [0.1, 0.15) is 15.9 Å². The number of ketones is 1. The van der Waals surface area contributed by atoms with E-state index >= 15 is 0 Å². The summed E-state index contributed by atoms with van der Waals surface area (Å²) in [5, 5.41) is 20.9. The van der Waals surface area contributed by atoms with E-state index in [-0.39, 0.29) is 11.4 Å². The topological polar surface area (TPSA) is 104 Å². The first-order valence-electron chi connectivity index (χ1n) is 8.28. The van der Waals surface area contributed by atoms with Crippen LogP contribution < -0.4 is 5.32 Å². The molecule has 1 amide bonds. The summed E-state index contributed by atoms with van der Waals surface area (Å²) >= 11 is 0. The van der Waals surface area contributed by atoms with E-state index in [1.165, 1.54) is 18.3 Å². The van der Waals surface area contributed by atoms with Crippen LogP contribution in [0.2, 0.25) is 0 Å². The molecule has 3 aromatic rings. The quantitative estimate of drug-likeness (QED) is 0.422. The molecule has 2 aromatic heterocycles. The molecule has 0 aliphatic carbocycles. The number of benzene rings is 1. The molecule has 8 heteroatoms. The number of hydrogen-bond donors (Lipinski definition) is 3. The predicted molar refractivity (Wildman–Crippen MR) is 95.7 cm³/mol. The van der Waals surface area contributed by atoms with Crippen molar-refractivity contribution in [2.45, 2.75) is 12.6 Å². The number of nitrogens with zero attached hydrogens (tertiary/aromatic N) is 2. The van der Waals surface area contributed by atoms with Crippen molar-refractivity contribution in [3.63, 3.8) is 0 Å². The zero-order chi connectivity index (χ0) is 19.4. The molecule has 0 aliphatic heterocycles. The molecular weight excluding hydrogens is 353 g/mol. The molecule has 3 rings (SSSR count). The number of aliphatic hydroxyl groups is 2. The molecule has 27 heavy (non-hydrogen) atoms. The maximum Gasteiger partial charge on any atom is 0.292 e. The molecule has 2 heterocycles. The van der Waals surface area contributed by atoms with Crippen LogP contribution in [0.5, 0.6) is 0 Å². The van der Waals surface area contributed by atoms with Crippen molar-refractivity contribution >= 4 is 22.7 Å². The maximum atomic E-state index is 13.1. The molecule has 7 nitrogen and oxygen atoms in total. The summed E-state index contributed by atoms with van der Waals surface area (Å²) in [4.78, 5) is 29.0. The monoisotopic (exact) mass is 371 g/mol. The normalized spacial score (nSPS) is 11.1. The van der Waals surface area contributed by atoms with Gasteiger partial charge in [0.05, 0.1) is 24.8 Å². The fourth-order valence-corrected chi connectivity index (χ4v) is 2.73. The number of halogens is 1. The Morgan fingerprint density at radius 2 is 1.85 bits per heavy atom. The molecule has 0 aliphatic rings. The second-order valence-electron chi connectivity index (χ2n) is 6.04. The van der Waals surface area contributed by atoms with Gasteiger partial charge in [0.15, 0.2) is 0 Å². The third kappa shape index (κ3) is 4.02. The minimum absolute atomic E-state index is 0.160. The number of pyridine rings is 1. The Hall–Kier alpha value is -3.10. The van der Waals surface area contributed by atoms with Crippen LogP contribution in [0, 0.1) is 5.82 Å². The summed E-state index contributed by atoms with van der Waals surface area (Å²) in [6, 6.07) is 8.38. The van der Waals surface area contributed by atoms with E-state index in [0.29, 0.717) is 17.6 Å². The summed E-state index contributed by atoms with van der Waals surface area (Å²) in [6.07, 6.45) is 3.10. The number of rotatable bonds is 7. The number of carbonyl (C=O) groups excluding carboxylic acids is 2. The van der Waals surface area contributed by atoms with E-state index in [2.05, 4.69) is 10.3 Å². The summed E-state index contributed by atoms with van der Waals surface area (Å²) in [6.45, 7) is -0.620. The Morgan fingerprint density at radius 1 is 1.15 bits per heavy atom. The molecule has 0 unspecified atom stereocenters. The van der Waals surface area contributed by atoms with Crippen molar-refractivity contribution in [1.82, 2.24) is 14.9 Å². The third-order valence-corrected chi connectivity index (χ3v) is 4.13. The van der Waals surface area contributed by atoms with Crippen LogP contribution >= 0.6 is 0 Å². The lowest BCUT2D eigenvalue weighted by Gasteiger charge is -2.12. The number of aliphatic hydroxyl groups excluding tert-OH is 2. The number of fused-ring (bicyclic) bond motifs is 1. The van der Waals surface area contributed by atoms with Gasteiger partial charge in [0, 0.05) is 24.3 Å². The lowest BCUT2D eigenvalue weighted by atomic mass is 10.1. The van der Waals surface area contributed by atoms with Gasteiger partial charge in [0.25, 0.3) is 11.7 Å². The van der Waals surface area contributed by atoms with Gasteiger partial charge in [-0.15, -0.1) is 0 Å². The molecule has 140 valence electrons. The highest BCUT2D eigenvalue weighted by atomic mass is 19.1. The lowest BCUT2D eigenvalue weighted by molar-refractivity contribution is -0.118. The van der Waals surface area contributed by atoms with Crippen LogP contribution in [0.3, 0.4) is 0 Å². The SMILES string of the molecule is O=C(NC(CO)CO)C(=O)c1cn(Cc2ccc(F)cc2)c2ncccc12. The van der Waals surface area contributed by atoms with Crippen LogP contribution in [0.4, 0.5) is 4.39 Å². The first-order chi connectivity index (χ1) is 13.0. The lowest BCUT2D eigenvalue weighted by Crippen LogP contribution is -2.43. The van der Waals surface area contributed by atoms with Gasteiger partial charge >= 0.3 is 0 Å². The zero-order valence-corrected chi connectivity index (χ0v) is 14.3. The Labute approximate surface area is 154 Å². The predicted octanol–water partition coefficient (Wildman–Crippen LogP) is 0.876. The minimum Gasteiger partial charge on any atom is -0.394 e. The van der Waals surface area contributed by atoms with Gasteiger partial charge in [-0.2, -0.15) is 0 Å². The maximum absolute atomic E-state index is 13.1. The van der Waals surface area contributed by atoms with E-state index < -0.39 is 30.9 Å². The fraction of sp³-hybridized carbons (Fsp3) is 0.211. The van der Waals surface area contributed by atoms with Gasteiger partial charge < -0.3 is 20.1 Å². The van der Waals surface area contributed by atoms with Crippen molar-refractivity contribution in [2.75, 3.05) is 13.2 Å². The summed E-state index contributed by atoms with van der Waals surface area (Å²) < 4.78 is 14.8. The summed E-state index contributed by atoms with van der Waals surface area (Å²) in [7, 11) is 0. The van der Waals surface area contributed by atoms with Crippen molar-refractivity contribution < 1.29 is 24.2 Å². The smallest absolute Gasteiger partial charge is 0.292 e. The largest absolute Gasteiger partial charge is 0.394 e. The van der Waals surface area contributed by atoms with E-state index in [0.717, 1.165) is 5.56 Å². The molecule has 0 fully saturated rings. The first kappa shape index (κ1) is 18.7. The van der Waals surface area contributed by atoms with Crippen molar-refractivity contribution in [1.29, 1.82) is 0 Å². The highest BCUT2D eigenvalue weighted by molar-refractivity contribution is 6.45. The molecule has 1 aromatic carbocycles. The summed E-state index contributed by atoms with van der Waals surface area (Å²) in [5.41, 5.74) is 1.48. The second kappa shape index (κ2) is 8.07. The minimum atomic E-state index is -0.923. The Balaban J connectivity index is 1.93. The van der Waals surface area contributed by atoms with Crippen molar-refractivity contribution in [2.24, 2.45) is 0 Å². The molecular formula is C19H18FN3O4. The van der Waals surface area contributed by atoms with Gasteiger partial charge in [-0.25, -0.2) is 9.37 Å². The Morgan fingerprint density at radius 3 is 2.52 bits per heavy atom. The van der Waals surface area contributed by atoms with Crippen molar-refractivity contribution in [3.05, 3.63) is 65.7 Å². The van der Waals surface area contributed by atoms with Gasteiger partial charge in [0.2, 0.25) is 0 Å². The molecule has 0 bridgehead atoms. The fourth-order valence-electron chi connectivity index (χ4n) is 2.73. The Kier molecular flexibility index (Phi) is 5.58. The second-order valence-corrected chi connectivity index (χ2v) is 6.04. The van der Waals surface area contributed by atoms with E-state index in [1.807, 2.05) is 0 Å². The number of aromatic nitrogens is 2. The molecule has 0 atom stereocenters. The highest BCUT2D eigenvalue weighted by Gasteiger charge is 2.24. The van der Waals surface area contributed by atoms with Gasteiger partial charge in [-0.1, -0.05) is 12.1 Å². The van der Waals surface area contributed by atoms with E-state index in [9.17, 15) is 14.0 Å². The molecule has 0 saturated heterocycles. The first-order valence-corrected chi connectivity index (χ1v) is 8.28. The number of amides is 1. The molecule has 3 N–H and O–H groups in total. The van der Waals surface area contributed by atoms with Crippen molar-refractivity contribution in [3.8, 4) is 0 Å². The van der Waals surface area contributed by atoms with Gasteiger partial charge in [-0.3, -0.25) is 9.59 Å². The van der Waals surface area contributed by atoms with Crippen LogP contribution in [-0.2, 0) is 11.3 Å². The van der Waals surface area contributed by atoms with Gasteiger partial charge in [-0.05, 0) is 29.8 Å². The summed E-state index contributed by atoms with van der Waals surface area (Å²) in [5.74, 6) is -2.06. The number of hydrogen-bond acceptors (Lipinski definition) is 5.